The zero-order valence-electron chi connectivity index (χ0n) is 27.1. The minimum Gasteiger partial charge on any atom is -0.439 e. The lowest BCUT2D eigenvalue weighted by Gasteiger charge is -2.42. The summed E-state index contributed by atoms with van der Waals surface area (Å²) in [6, 6.07) is 41.1. The van der Waals surface area contributed by atoms with Gasteiger partial charge in [0, 0.05) is 16.8 Å². The number of rotatable bonds is 9. The third kappa shape index (κ3) is 8.69. The van der Waals surface area contributed by atoms with Crippen LogP contribution in [0.4, 0.5) is 31.4 Å². The second kappa shape index (κ2) is 16.5. The van der Waals surface area contributed by atoms with E-state index in [1.807, 2.05) is 84.9 Å². The van der Waals surface area contributed by atoms with Crippen LogP contribution in [-0.4, -0.2) is 65.8 Å². The quantitative estimate of drug-likeness (QED) is 0.104. The number of para-hydroxylation sites is 3. The molecule has 6 rings (SSSR count). The van der Waals surface area contributed by atoms with Crippen LogP contribution in [0.2, 0.25) is 0 Å². The SMILES string of the molecule is O=C(Nc1ccccc1-c1ccccc1)O[C@@H]1[C@H](OC(=O)Nc2ccccc2-c2ccccc2)[C@@H](O)O[C@H](CO)[C@H]1OC(=O)Nc1ccccc1. The van der Waals surface area contributed by atoms with Crippen molar-refractivity contribution in [3.63, 3.8) is 0 Å². The predicted octanol–water partition coefficient (Wildman–Crippen LogP) is 6.88. The summed E-state index contributed by atoms with van der Waals surface area (Å²) < 4.78 is 22.6. The number of aliphatic hydroxyl groups is 2. The van der Waals surface area contributed by atoms with Gasteiger partial charge in [0.1, 0.15) is 6.10 Å². The van der Waals surface area contributed by atoms with Crippen molar-refractivity contribution in [3.8, 4) is 22.3 Å². The van der Waals surface area contributed by atoms with Gasteiger partial charge in [-0.3, -0.25) is 16.0 Å². The van der Waals surface area contributed by atoms with Crippen molar-refractivity contribution in [2.24, 2.45) is 0 Å². The molecule has 1 fully saturated rings. The van der Waals surface area contributed by atoms with Crippen LogP contribution in [-0.2, 0) is 18.9 Å². The fourth-order valence-electron chi connectivity index (χ4n) is 5.69. The van der Waals surface area contributed by atoms with Crippen molar-refractivity contribution in [3.05, 3.63) is 140 Å². The molecular formula is C39H35N3O9. The fraction of sp³-hybridized carbons (Fsp3) is 0.154. The number of carbonyl (C=O) groups is 3. The third-order valence-electron chi connectivity index (χ3n) is 8.04. The summed E-state index contributed by atoms with van der Waals surface area (Å²) in [4.78, 5) is 40.1. The van der Waals surface area contributed by atoms with E-state index in [9.17, 15) is 24.6 Å². The first-order valence-electron chi connectivity index (χ1n) is 16.1. The summed E-state index contributed by atoms with van der Waals surface area (Å²) in [7, 11) is 0. The monoisotopic (exact) mass is 689 g/mol. The van der Waals surface area contributed by atoms with E-state index in [-0.39, 0.29) is 0 Å². The molecule has 5 N–H and O–H groups in total. The lowest BCUT2D eigenvalue weighted by Crippen LogP contribution is -2.62. The van der Waals surface area contributed by atoms with Gasteiger partial charge < -0.3 is 29.2 Å². The van der Waals surface area contributed by atoms with Crippen molar-refractivity contribution in [2.75, 3.05) is 22.6 Å². The van der Waals surface area contributed by atoms with Crippen molar-refractivity contribution in [2.45, 2.75) is 30.7 Å². The number of anilines is 3. The maximum absolute atomic E-state index is 13.6. The molecule has 260 valence electrons. The van der Waals surface area contributed by atoms with Gasteiger partial charge in [-0.1, -0.05) is 115 Å². The van der Waals surface area contributed by atoms with Gasteiger partial charge in [0.2, 0.25) is 0 Å². The molecule has 5 atom stereocenters. The van der Waals surface area contributed by atoms with Crippen molar-refractivity contribution in [1.29, 1.82) is 0 Å². The highest BCUT2D eigenvalue weighted by atomic mass is 16.7. The standard InChI is InChI=1S/C39H35N3O9/c43-24-32-33(49-37(45)40-27-18-8-3-9-19-27)34(50-38(46)41-30-22-12-10-20-28(30)25-14-4-1-5-15-25)35(36(44)48-32)51-39(47)42-31-23-13-11-21-29(31)26-16-6-2-7-17-26/h1-23,32-36,43-44H,24H2,(H,40,45)(H,41,46)(H,42,47)/t32-,33-,34+,35+,36+/m1/s1. The van der Waals surface area contributed by atoms with Crippen LogP contribution in [0.15, 0.2) is 140 Å². The minimum atomic E-state index is -1.90. The first kappa shape index (κ1) is 34.6. The Morgan fingerprint density at radius 1 is 0.529 bits per heavy atom. The second-order valence-corrected chi connectivity index (χ2v) is 11.4. The molecule has 1 aliphatic rings. The maximum Gasteiger partial charge on any atom is 0.412 e. The Balaban J connectivity index is 1.27. The molecule has 3 amide bonds. The number of hydrogen-bond donors (Lipinski definition) is 5. The highest BCUT2D eigenvalue weighted by Crippen LogP contribution is 2.32. The fourth-order valence-corrected chi connectivity index (χ4v) is 5.69. The van der Waals surface area contributed by atoms with Gasteiger partial charge in [0.25, 0.3) is 0 Å². The van der Waals surface area contributed by atoms with Crippen LogP contribution in [0.25, 0.3) is 22.3 Å². The van der Waals surface area contributed by atoms with Crippen molar-refractivity contribution in [1.82, 2.24) is 0 Å². The van der Waals surface area contributed by atoms with Gasteiger partial charge in [-0.25, -0.2) is 14.4 Å². The van der Waals surface area contributed by atoms with Gasteiger partial charge in [-0.2, -0.15) is 0 Å². The molecular weight excluding hydrogens is 654 g/mol. The molecule has 0 unspecified atom stereocenters. The number of amides is 3. The Morgan fingerprint density at radius 3 is 1.45 bits per heavy atom. The van der Waals surface area contributed by atoms with Crippen LogP contribution in [0, 0.1) is 0 Å². The average Bonchev–Trinajstić information content (AvgIpc) is 3.15. The second-order valence-electron chi connectivity index (χ2n) is 11.4. The molecule has 1 heterocycles. The maximum atomic E-state index is 13.6. The number of aliphatic hydroxyl groups excluding tert-OH is 2. The Hall–Kier alpha value is -6.21. The van der Waals surface area contributed by atoms with E-state index in [2.05, 4.69) is 16.0 Å². The van der Waals surface area contributed by atoms with E-state index in [4.69, 9.17) is 18.9 Å². The lowest BCUT2D eigenvalue weighted by atomic mass is 9.98. The van der Waals surface area contributed by atoms with E-state index in [1.165, 1.54) is 0 Å². The molecule has 12 nitrogen and oxygen atoms in total. The number of ether oxygens (including phenoxy) is 4. The molecule has 0 saturated carbocycles. The highest BCUT2D eigenvalue weighted by molar-refractivity contribution is 5.93. The number of benzene rings is 5. The van der Waals surface area contributed by atoms with Crippen LogP contribution in [0.1, 0.15) is 0 Å². The largest absolute Gasteiger partial charge is 0.439 e. The molecule has 5 aromatic rings. The number of carbonyl (C=O) groups excluding carboxylic acids is 3. The first-order valence-corrected chi connectivity index (χ1v) is 16.1. The summed E-state index contributed by atoms with van der Waals surface area (Å²) >= 11 is 0. The van der Waals surface area contributed by atoms with Gasteiger partial charge in [0.05, 0.1) is 18.0 Å². The normalized spacial score (nSPS) is 19.6. The zero-order valence-corrected chi connectivity index (χ0v) is 27.1. The summed E-state index contributed by atoms with van der Waals surface area (Å²) in [5, 5.41) is 29.2. The van der Waals surface area contributed by atoms with Crippen LogP contribution >= 0.6 is 0 Å². The molecule has 0 bridgehead atoms. The molecule has 0 aromatic heterocycles. The smallest absolute Gasteiger partial charge is 0.412 e. The topological polar surface area (TPSA) is 165 Å². The Bertz CT molecular complexity index is 1930. The molecule has 1 aliphatic heterocycles. The Morgan fingerprint density at radius 2 is 0.941 bits per heavy atom. The van der Waals surface area contributed by atoms with Gasteiger partial charge in [-0.05, 0) is 35.4 Å². The average molecular weight is 690 g/mol. The zero-order chi connectivity index (χ0) is 35.6. The van der Waals surface area contributed by atoms with Crippen LogP contribution in [0.3, 0.4) is 0 Å². The molecule has 0 spiro atoms. The molecule has 12 heteroatoms. The van der Waals surface area contributed by atoms with E-state index in [0.717, 1.165) is 11.1 Å². The number of hydrogen-bond acceptors (Lipinski definition) is 9. The van der Waals surface area contributed by atoms with E-state index in [0.29, 0.717) is 28.2 Å². The number of nitrogens with one attached hydrogen (secondary N) is 3. The van der Waals surface area contributed by atoms with Crippen molar-refractivity contribution >= 4 is 35.3 Å². The third-order valence-corrected chi connectivity index (χ3v) is 8.04. The van der Waals surface area contributed by atoms with Crippen molar-refractivity contribution < 1.29 is 43.5 Å². The van der Waals surface area contributed by atoms with Crippen LogP contribution < -0.4 is 16.0 Å². The molecule has 1 saturated heterocycles. The highest BCUT2D eigenvalue weighted by Gasteiger charge is 2.52. The molecule has 0 radical (unpaired) electrons. The summed E-state index contributed by atoms with van der Waals surface area (Å²) in [6.45, 7) is -0.748. The summed E-state index contributed by atoms with van der Waals surface area (Å²) in [6.07, 6.45) is -11.2. The van der Waals surface area contributed by atoms with E-state index in [1.54, 1.807) is 54.6 Å². The van der Waals surface area contributed by atoms with E-state index < -0.39 is 55.6 Å². The van der Waals surface area contributed by atoms with Gasteiger partial charge in [-0.15, -0.1) is 0 Å². The lowest BCUT2D eigenvalue weighted by molar-refractivity contribution is -0.282. The van der Waals surface area contributed by atoms with Gasteiger partial charge >= 0.3 is 18.3 Å². The first-order chi connectivity index (χ1) is 24.9. The van der Waals surface area contributed by atoms with E-state index >= 15 is 0 Å². The molecule has 5 aromatic carbocycles. The van der Waals surface area contributed by atoms with Crippen LogP contribution in [0.5, 0.6) is 0 Å². The summed E-state index contributed by atoms with van der Waals surface area (Å²) in [5.41, 5.74) is 4.22. The summed E-state index contributed by atoms with van der Waals surface area (Å²) in [5.74, 6) is 0. The molecule has 51 heavy (non-hydrogen) atoms. The molecule has 0 aliphatic carbocycles. The minimum absolute atomic E-state index is 0.395. The Labute approximate surface area is 293 Å². The predicted molar refractivity (Wildman–Crippen MR) is 190 cm³/mol. The Kier molecular flexibility index (Phi) is 11.2. The van der Waals surface area contributed by atoms with Gasteiger partial charge in [0.15, 0.2) is 24.6 Å².